The number of hydrogen-bond acceptors (Lipinski definition) is 1. The van der Waals surface area contributed by atoms with E-state index in [1.807, 2.05) is 18.2 Å². The van der Waals surface area contributed by atoms with Crippen LogP contribution in [-0.2, 0) is 11.3 Å². The molecule has 0 aliphatic rings. The van der Waals surface area contributed by atoms with Gasteiger partial charge in [0.25, 0.3) is 0 Å². The van der Waals surface area contributed by atoms with Gasteiger partial charge < -0.3 is 4.74 Å². The first kappa shape index (κ1) is 20.7. The first-order chi connectivity index (χ1) is 11.6. The quantitative estimate of drug-likeness (QED) is 0.242. The second-order valence-corrected chi connectivity index (χ2v) is 6.63. The van der Waals surface area contributed by atoms with Crippen molar-refractivity contribution in [1.29, 1.82) is 0 Å². The Hall–Kier alpha value is -1.31. The molecule has 0 aliphatic heterocycles. The molecular formula is C22H31ClO. The average molecular weight is 347 g/mol. The Morgan fingerprint density at radius 1 is 0.875 bits per heavy atom. The van der Waals surface area contributed by atoms with Gasteiger partial charge in [0.05, 0.1) is 13.2 Å². The van der Waals surface area contributed by atoms with Gasteiger partial charge in [-0.25, -0.2) is 0 Å². The number of halogens is 1. The van der Waals surface area contributed by atoms with E-state index >= 15 is 0 Å². The molecule has 0 saturated carbocycles. The molecule has 0 aliphatic carbocycles. The Kier molecular flexibility index (Phi) is 11.3. The molecule has 0 bridgehead atoms. The van der Waals surface area contributed by atoms with E-state index in [4.69, 9.17) is 16.3 Å². The van der Waals surface area contributed by atoms with Crippen molar-refractivity contribution in [3.8, 4) is 0 Å². The molecule has 1 rings (SSSR count). The van der Waals surface area contributed by atoms with Crippen LogP contribution in [0.1, 0.15) is 52.0 Å². The summed E-state index contributed by atoms with van der Waals surface area (Å²) in [5, 5.41) is 0. The van der Waals surface area contributed by atoms with Crippen LogP contribution in [0.25, 0.3) is 0 Å². The van der Waals surface area contributed by atoms with Crippen LogP contribution in [0.4, 0.5) is 0 Å². The van der Waals surface area contributed by atoms with Gasteiger partial charge in [0.1, 0.15) is 0 Å². The third-order valence-corrected chi connectivity index (χ3v) is 4.36. The summed E-state index contributed by atoms with van der Waals surface area (Å²) in [7, 11) is 0. The van der Waals surface area contributed by atoms with Crippen molar-refractivity contribution in [3.05, 3.63) is 70.8 Å². The van der Waals surface area contributed by atoms with Crippen molar-refractivity contribution >= 4 is 11.6 Å². The van der Waals surface area contributed by atoms with Gasteiger partial charge >= 0.3 is 0 Å². The summed E-state index contributed by atoms with van der Waals surface area (Å²) in [6.45, 7) is 7.85. The van der Waals surface area contributed by atoms with Gasteiger partial charge in [0.15, 0.2) is 0 Å². The van der Waals surface area contributed by atoms with Crippen molar-refractivity contribution in [2.24, 2.45) is 0 Å². The molecule has 0 amide bonds. The zero-order valence-electron chi connectivity index (χ0n) is 15.4. The molecule has 0 radical (unpaired) electrons. The van der Waals surface area contributed by atoms with Crippen LogP contribution in [0, 0.1) is 0 Å². The summed E-state index contributed by atoms with van der Waals surface area (Å²) in [4.78, 5) is 0. The Balaban J connectivity index is 2.17. The van der Waals surface area contributed by atoms with E-state index in [1.54, 1.807) is 0 Å². The predicted octanol–water partition coefficient (Wildman–Crippen LogP) is 6.84. The highest BCUT2D eigenvalue weighted by Crippen LogP contribution is 2.12. The molecule has 24 heavy (non-hydrogen) atoms. The fourth-order valence-corrected chi connectivity index (χ4v) is 2.41. The number of hydrogen-bond donors (Lipinski definition) is 0. The van der Waals surface area contributed by atoms with Gasteiger partial charge in [-0.05, 0) is 52.0 Å². The molecule has 0 aromatic heterocycles. The maximum Gasteiger partial charge on any atom is 0.0721 e. The zero-order chi connectivity index (χ0) is 17.6. The minimum Gasteiger partial charge on any atom is -0.373 e. The minimum atomic E-state index is 0.638. The maximum atomic E-state index is 5.77. The highest BCUT2D eigenvalue weighted by Gasteiger charge is 1.94. The van der Waals surface area contributed by atoms with Gasteiger partial charge in [0, 0.05) is 5.88 Å². The van der Waals surface area contributed by atoms with E-state index in [0.717, 1.165) is 25.7 Å². The molecular weight excluding hydrogens is 316 g/mol. The first-order valence-corrected chi connectivity index (χ1v) is 9.29. The van der Waals surface area contributed by atoms with Gasteiger partial charge in [0.2, 0.25) is 0 Å². The van der Waals surface area contributed by atoms with E-state index in [9.17, 15) is 0 Å². The van der Waals surface area contributed by atoms with E-state index in [-0.39, 0.29) is 0 Å². The summed E-state index contributed by atoms with van der Waals surface area (Å²) in [5.41, 5.74) is 5.34. The lowest BCUT2D eigenvalue weighted by atomic mass is 10.1. The fourth-order valence-electron chi connectivity index (χ4n) is 2.30. The van der Waals surface area contributed by atoms with E-state index < -0.39 is 0 Å². The summed E-state index contributed by atoms with van der Waals surface area (Å²) in [6, 6.07) is 10.3. The zero-order valence-corrected chi connectivity index (χ0v) is 16.1. The van der Waals surface area contributed by atoms with Crippen molar-refractivity contribution in [2.75, 3.05) is 12.5 Å². The molecule has 0 unspecified atom stereocenters. The Morgan fingerprint density at radius 2 is 1.46 bits per heavy atom. The monoisotopic (exact) mass is 346 g/mol. The summed E-state index contributed by atoms with van der Waals surface area (Å²) < 4.78 is 5.69. The summed E-state index contributed by atoms with van der Waals surface area (Å²) in [5.74, 6) is 0.638. The minimum absolute atomic E-state index is 0.638. The summed E-state index contributed by atoms with van der Waals surface area (Å²) >= 11 is 5.77. The normalized spacial score (nSPS) is 13.4. The average Bonchev–Trinajstić information content (AvgIpc) is 2.59. The molecule has 0 heterocycles. The number of rotatable bonds is 11. The molecule has 1 aromatic rings. The second-order valence-electron chi connectivity index (χ2n) is 6.36. The maximum absolute atomic E-state index is 5.77. The lowest BCUT2D eigenvalue weighted by Crippen LogP contribution is -1.93. The third-order valence-electron chi connectivity index (χ3n) is 3.93. The predicted molar refractivity (Wildman–Crippen MR) is 107 cm³/mol. The molecule has 0 atom stereocenters. The third kappa shape index (κ3) is 10.5. The van der Waals surface area contributed by atoms with Crippen LogP contribution in [0.15, 0.2) is 65.3 Å². The van der Waals surface area contributed by atoms with Crippen molar-refractivity contribution in [2.45, 2.75) is 53.1 Å². The molecule has 0 spiro atoms. The van der Waals surface area contributed by atoms with Crippen LogP contribution in [0.3, 0.4) is 0 Å². The number of allylic oxidation sites excluding steroid dienone is 5. The van der Waals surface area contributed by atoms with Gasteiger partial charge in [-0.3, -0.25) is 0 Å². The topological polar surface area (TPSA) is 9.23 Å². The smallest absolute Gasteiger partial charge is 0.0721 e. The molecule has 1 nitrogen and oxygen atoms in total. The molecule has 0 N–H and O–H groups in total. The number of benzene rings is 1. The highest BCUT2D eigenvalue weighted by atomic mass is 35.5. The fraction of sp³-hybridized carbons (Fsp3) is 0.455. The Bertz CT molecular complexity index is 540. The van der Waals surface area contributed by atoms with Gasteiger partial charge in [-0.2, -0.15) is 0 Å². The van der Waals surface area contributed by atoms with Crippen LogP contribution in [-0.4, -0.2) is 12.5 Å². The highest BCUT2D eigenvalue weighted by molar-refractivity contribution is 6.19. The van der Waals surface area contributed by atoms with Crippen LogP contribution < -0.4 is 0 Å². The number of ether oxygens (including phenoxy) is 1. The lowest BCUT2D eigenvalue weighted by molar-refractivity contribution is 0.148. The van der Waals surface area contributed by atoms with Crippen molar-refractivity contribution < 1.29 is 4.74 Å². The largest absolute Gasteiger partial charge is 0.373 e. The SMILES string of the molecule is C/C(=C/COCc1ccccc1)CC/C=C(/C)CC/C=C(\C)CCl. The molecule has 132 valence electrons. The molecule has 0 fully saturated rings. The molecule has 0 saturated heterocycles. The van der Waals surface area contributed by atoms with Crippen LogP contribution >= 0.6 is 11.6 Å². The van der Waals surface area contributed by atoms with Crippen molar-refractivity contribution in [1.82, 2.24) is 0 Å². The number of alkyl halides is 1. The van der Waals surface area contributed by atoms with Crippen LogP contribution in [0.5, 0.6) is 0 Å². The van der Waals surface area contributed by atoms with E-state index in [0.29, 0.717) is 19.1 Å². The second kappa shape index (κ2) is 13.0. The lowest BCUT2D eigenvalue weighted by Gasteiger charge is -2.04. The van der Waals surface area contributed by atoms with Crippen LogP contribution in [0.2, 0.25) is 0 Å². The van der Waals surface area contributed by atoms with E-state index in [1.165, 1.54) is 22.3 Å². The Morgan fingerprint density at radius 3 is 2.08 bits per heavy atom. The standard InChI is InChI=1S/C22H31ClO/c1-19(10-8-12-21(3)17-23)9-7-11-20(2)15-16-24-18-22-13-5-4-6-14-22/h4-6,9,12-15H,7-8,10-11,16-18H2,1-3H3/b19-9-,20-15-,21-12+. The Labute approximate surface area is 153 Å². The molecule has 1 aromatic carbocycles. The first-order valence-electron chi connectivity index (χ1n) is 8.76. The summed E-state index contributed by atoms with van der Waals surface area (Å²) in [6.07, 6.45) is 11.2. The van der Waals surface area contributed by atoms with Gasteiger partial charge in [-0.1, -0.05) is 65.3 Å². The van der Waals surface area contributed by atoms with E-state index in [2.05, 4.69) is 51.1 Å². The molecule has 2 heteroatoms. The van der Waals surface area contributed by atoms with Gasteiger partial charge in [-0.15, -0.1) is 11.6 Å². The van der Waals surface area contributed by atoms with Crippen molar-refractivity contribution in [3.63, 3.8) is 0 Å².